The lowest BCUT2D eigenvalue weighted by molar-refractivity contribution is 0.0781. The van der Waals surface area contributed by atoms with Crippen molar-refractivity contribution in [3.05, 3.63) is 34.3 Å². The van der Waals surface area contributed by atoms with Crippen molar-refractivity contribution in [2.24, 2.45) is 5.41 Å². The van der Waals surface area contributed by atoms with E-state index in [0.717, 1.165) is 30.3 Å². The molecule has 1 aromatic carbocycles. The van der Waals surface area contributed by atoms with Crippen LogP contribution in [0.2, 0.25) is 0 Å². The minimum atomic E-state index is 0.109. The van der Waals surface area contributed by atoms with E-state index in [0.29, 0.717) is 12.6 Å². The molecule has 0 heterocycles. The van der Waals surface area contributed by atoms with Gasteiger partial charge in [0.15, 0.2) is 0 Å². The van der Waals surface area contributed by atoms with E-state index in [2.05, 4.69) is 52.4 Å². The molecule has 0 spiro atoms. The number of rotatable bonds is 6. The molecule has 0 amide bonds. The van der Waals surface area contributed by atoms with Gasteiger partial charge >= 0.3 is 0 Å². The van der Waals surface area contributed by atoms with Crippen LogP contribution in [-0.2, 0) is 0 Å². The van der Waals surface area contributed by atoms with Crippen molar-refractivity contribution in [2.75, 3.05) is 13.2 Å². The van der Waals surface area contributed by atoms with Crippen LogP contribution < -0.4 is 5.32 Å². The highest BCUT2D eigenvalue weighted by molar-refractivity contribution is 9.10. The lowest BCUT2D eigenvalue weighted by Crippen LogP contribution is -2.40. The van der Waals surface area contributed by atoms with E-state index in [9.17, 15) is 5.11 Å². The number of hydrogen-bond acceptors (Lipinski definition) is 2. The van der Waals surface area contributed by atoms with Crippen molar-refractivity contribution in [3.8, 4) is 0 Å². The van der Waals surface area contributed by atoms with Gasteiger partial charge in [0.1, 0.15) is 0 Å². The molecule has 1 saturated carbocycles. The van der Waals surface area contributed by atoms with Crippen molar-refractivity contribution >= 4 is 15.9 Å². The second-order valence-electron chi connectivity index (χ2n) is 6.12. The van der Waals surface area contributed by atoms with Gasteiger partial charge in [-0.05, 0) is 37.0 Å². The van der Waals surface area contributed by atoms with E-state index < -0.39 is 0 Å². The standard InChI is InChI=1S/C17H26BrNO/c1-2-16(14-7-6-8-15(18)11-14)19-12-17(13-20)9-4-3-5-10-17/h6-8,11,16,19-20H,2-5,9-10,12-13H2,1H3. The molecule has 1 aromatic rings. The van der Waals surface area contributed by atoms with E-state index in [1.165, 1.54) is 24.8 Å². The van der Waals surface area contributed by atoms with E-state index in [1.807, 2.05) is 0 Å². The van der Waals surface area contributed by atoms with E-state index in [-0.39, 0.29) is 5.41 Å². The predicted octanol–water partition coefficient (Wildman–Crippen LogP) is 4.43. The summed E-state index contributed by atoms with van der Waals surface area (Å²) in [7, 11) is 0. The predicted molar refractivity (Wildman–Crippen MR) is 87.8 cm³/mol. The van der Waals surface area contributed by atoms with E-state index in [1.54, 1.807) is 0 Å². The first kappa shape index (κ1) is 16.0. The maximum Gasteiger partial charge on any atom is 0.0499 e. The lowest BCUT2D eigenvalue weighted by atomic mass is 9.74. The van der Waals surface area contributed by atoms with E-state index >= 15 is 0 Å². The SMILES string of the molecule is CCC(NCC1(CO)CCCCC1)c1cccc(Br)c1. The fraction of sp³-hybridized carbons (Fsp3) is 0.647. The lowest BCUT2D eigenvalue weighted by Gasteiger charge is -2.37. The molecule has 1 aliphatic rings. The molecule has 0 saturated heterocycles. The highest BCUT2D eigenvalue weighted by Gasteiger charge is 2.31. The molecule has 0 radical (unpaired) electrons. The molecule has 2 nitrogen and oxygen atoms in total. The van der Waals surface area contributed by atoms with Crippen LogP contribution in [0, 0.1) is 5.41 Å². The van der Waals surface area contributed by atoms with Crippen LogP contribution in [0.5, 0.6) is 0 Å². The zero-order valence-electron chi connectivity index (χ0n) is 12.4. The molecule has 0 bridgehead atoms. The first-order valence-electron chi connectivity index (χ1n) is 7.79. The van der Waals surface area contributed by atoms with Crippen LogP contribution in [-0.4, -0.2) is 18.3 Å². The smallest absolute Gasteiger partial charge is 0.0499 e. The zero-order valence-corrected chi connectivity index (χ0v) is 14.0. The Morgan fingerprint density at radius 3 is 2.65 bits per heavy atom. The summed E-state index contributed by atoms with van der Waals surface area (Å²) in [6, 6.07) is 8.89. The normalized spacial score (nSPS) is 19.8. The number of aliphatic hydroxyl groups is 1. The first-order chi connectivity index (χ1) is 9.69. The summed E-state index contributed by atoms with van der Waals surface area (Å²) in [4.78, 5) is 0. The molecule has 112 valence electrons. The van der Waals surface area contributed by atoms with Gasteiger partial charge in [0, 0.05) is 29.1 Å². The van der Waals surface area contributed by atoms with Gasteiger partial charge in [-0.3, -0.25) is 0 Å². The quantitative estimate of drug-likeness (QED) is 0.803. The molecule has 0 aliphatic heterocycles. The Morgan fingerprint density at radius 2 is 2.05 bits per heavy atom. The van der Waals surface area contributed by atoms with Crippen molar-refractivity contribution in [3.63, 3.8) is 0 Å². The molecule has 3 heteroatoms. The summed E-state index contributed by atoms with van der Waals surface area (Å²) in [6.07, 6.45) is 7.23. The van der Waals surface area contributed by atoms with Crippen LogP contribution in [0.4, 0.5) is 0 Å². The first-order valence-corrected chi connectivity index (χ1v) is 8.58. The molecule has 1 aliphatic carbocycles. The van der Waals surface area contributed by atoms with Gasteiger partial charge in [-0.2, -0.15) is 0 Å². The molecule has 1 unspecified atom stereocenters. The average Bonchev–Trinajstić information content (AvgIpc) is 2.49. The Morgan fingerprint density at radius 1 is 1.30 bits per heavy atom. The molecule has 1 atom stereocenters. The zero-order chi connectivity index (χ0) is 14.4. The molecule has 2 rings (SSSR count). The highest BCUT2D eigenvalue weighted by Crippen LogP contribution is 2.36. The van der Waals surface area contributed by atoms with Gasteiger partial charge in [0.05, 0.1) is 0 Å². The van der Waals surface area contributed by atoms with Crippen LogP contribution in [0.25, 0.3) is 0 Å². The van der Waals surface area contributed by atoms with Crippen LogP contribution in [0.3, 0.4) is 0 Å². The van der Waals surface area contributed by atoms with Crippen LogP contribution in [0.1, 0.15) is 57.1 Å². The molecule has 2 N–H and O–H groups in total. The molecule has 0 aromatic heterocycles. The Balaban J connectivity index is 1.99. The maximum absolute atomic E-state index is 9.79. The van der Waals surface area contributed by atoms with E-state index in [4.69, 9.17) is 0 Å². The summed E-state index contributed by atoms with van der Waals surface area (Å²) in [5.41, 5.74) is 1.43. The second kappa shape index (κ2) is 7.58. The van der Waals surface area contributed by atoms with Gasteiger partial charge in [-0.15, -0.1) is 0 Å². The van der Waals surface area contributed by atoms with Crippen molar-refractivity contribution < 1.29 is 5.11 Å². The third-order valence-electron chi connectivity index (χ3n) is 4.63. The Bertz CT molecular complexity index is 415. The number of benzene rings is 1. The van der Waals surface area contributed by atoms with Crippen LogP contribution >= 0.6 is 15.9 Å². The fourth-order valence-electron chi connectivity index (χ4n) is 3.25. The second-order valence-corrected chi connectivity index (χ2v) is 7.03. The van der Waals surface area contributed by atoms with Gasteiger partial charge in [0.25, 0.3) is 0 Å². The Kier molecular flexibility index (Phi) is 6.06. The minimum absolute atomic E-state index is 0.109. The van der Waals surface area contributed by atoms with Gasteiger partial charge < -0.3 is 10.4 Å². The molecular formula is C17H26BrNO. The summed E-state index contributed by atoms with van der Waals surface area (Å²) < 4.78 is 1.13. The summed E-state index contributed by atoms with van der Waals surface area (Å²) in [6.45, 7) is 3.45. The minimum Gasteiger partial charge on any atom is -0.396 e. The van der Waals surface area contributed by atoms with Crippen molar-refractivity contribution in [1.82, 2.24) is 5.32 Å². The highest BCUT2D eigenvalue weighted by atomic mass is 79.9. The average molecular weight is 340 g/mol. The fourth-order valence-corrected chi connectivity index (χ4v) is 3.67. The monoisotopic (exact) mass is 339 g/mol. The molecule has 1 fully saturated rings. The van der Waals surface area contributed by atoms with Gasteiger partial charge in [-0.25, -0.2) is 0 Å². The number of halogens is 1. The van der Waals surface area contributed by atoms with Crippen LogP contribution in [0.15, 0.2) is 28.7 Å². The topological polar surface area (TPSA) is 32.3 Å². The molecular weight excluding hydrogens is 314 g/mol. The summed E-state index contributed by atoms with van der Waals surface area (Å²) in [5.74, 6) is 0. The van der Waals surface area contributed by atoms with Crippen molar-refractivity contribution in [2.45, 2.75) is 51.5 Å². The van der Waals surface area contributed by atoms with Crippen molar-refractivity contribution in [1.29, 1.82) is 0 Å². The largest absolute Gasteiger partial charge is 0.396 e. The Hall–Kier alpha value is -0.380. The summed E-state index contributed by atoms with van der Waals surface area (Å²) in [5, 5.41) is 13.5. The number of hydrogen-bond donors (Lipinski definition) is 2. The van der Waals surface area contributed by atoms with Gasteiger partial charge in [-0.1, -0.05) is 54.2 Å². The van der Waals surface area contributed by atoms with Gasteiger partial charge in [0.2, 0.25) is 0 Å². The maximum atomic E-state index is 9.79. The third kappa shape index (κ3) is 4.06. The number of aliphatic hydroxyl groups excluding tert-OH is 1. The third-order valence-corrected chi connectivity index (χ3v) is 5.13. The molecule has 20 heavy (non-hydrogen) atoms. The number of nitrogens with one attached hydrogen (secondary N) is 1. The summed E-state index contributed by atoms with van der Waals surface area (Å²) >= 11 is 3.54. The Labute approximate surface area is 131 Å².